The molecule has 0 aliphatic heterocycles. The van der Waals surface area contributed by atoms with Crippen molar-refractivity contribution in [1.29, 1.82) is 0 Å². The van der Waals surface area contributed by atoms with Gasteiger partial charge in [0.05, 0.1) is 6.61 Å². The van der Waals surface area contributed by atoms with Gasteiger partial charge in [0.2, 0.25) is 0 Å². The Morgan fingerprint density at radius 2 is 2.00 bits per heavy atom. The van der Waals surface area contributed by atoms with Gasteiger partial charge in [-0.3, -0.25) is 0 Å². The van der Waals surface area contributed by atoms with Crippen LogP contribution in [-0.4, -0.2) is 6.61 Å². The van der Waals surface area contributed by atoms with Gasteiger partial charge in [-0.25, -0.2) is 0 Å². The molecule has 0 fully saturated rings. The first kappa shape index (κ1) is 16.0. The maximum absolute atomic E-state index is 6.02. The Bertz CT molecular complexity index is 374. The van der Waals surface area contributed by atoms with Gasteiger partial charge in [0.15, 0.2) is 0 Å². The zero-order valence-corrected chi connectivity index (χ0v) is 12.9. The number of ether oxygens (including phenoxy) is 1. The lowest BCUT2D eigenvalue weighted by atomic mass is 10.0. The van der Waals surface area contributed by atoms with Crippen LogP contribution in [0.15, 0.2) is 18.2 Å². The summed E-state index contributed by atoms with van der Waals surface area (Å²) in [6.45, 7) is 9.38. The molecule has 2 atom stereocenters. The number of hydrogen-bond acceptors (Lipinski definition) is 2. The molecule has 1 aromatic rings. The number of rotatable bonds is 8. The summed E-state index contributed by atoms with van der Waals surface area (Å²) >= 11 is 0. The number of hydrogen-bond donors (Lipinski definition) is 1. The van der Waals surface area contributed by atoms with Crippen molar-refractivity contribution < 1.29 is 4.74 Å². The summed E-state index contributed by atoms with van der Waals surface area (Å²) in [5.74, 6) is 1.61. The largest absolute Gasteiger partial charge is 0.493 e. The fraction of sp³-hybridized carbons (Fsp3) is 0.647. The van der Waals surface area contributed by atoms with Crippen molar-refractivity contribution in [3.8, 4) is 5.75 Å². The lowest BCUT2D eigenvalue weighted by Gasteiger charge is -2.19. The molecule has 2 N–H and O–H groups in total. The molecule has 108 valence electrons. The standard InChI is InChI=1S/C17H29NO/c1-5-7-8-15(6-2)12-19-17-10-9-13(3)11-16(17)14(4)18/h9-11,14-15H,5-8,12,18H2,1-4H3. The highest BCUT2D eigenvalue weighted by Gasteiger charge is 2.11. The van der Waals surface area contributed by atoms with Crippen molar-refractivity contribution in [2.75, 3.05) is 6.61 Å². The summed E-state index contributed by atoms with van der Waals surface area (Å²) in [7, 11) is 0. The van der Waals surface area contributed by atoms with E-state index in [0.29, 0.717) is 5.92 Å². The second-order valence-electron chi connectivity index (χ2n) is 5.56. The number of nitrogens with two attached hydrogens (primary N) is 1. The molecule has 0 heterocycles. The van der Waals surface area contributed by atoms with Crippen LogP contribution in [0.3, 0.4) is 0 Å². The Morgan fingerprint density at radius 3 is 2.58 bits per heavy atom. The second-order valence-corrected chi connectivity index (χ2v) is 5.56. The molecule has 0 bridgehead atoms. The second kappa shape index (κ2) is 8.21. The highest BCUT2D eigenvalue weighted by atomic mass is 16.5. The van der Waals surface area contributed by atoms with Gasteiger partial charge in [-0.1, -0.05) is 50.8 Å². The summed E-state index contributed by atoms with van der Waals surface area (Å²) in [5.41, 5.74) is 8.37. The van der Waals surface area contributed by atoms with Crippen LogP contribution < -0.4 is 10.5 Å². The Kier molecular flexibility index (Phi) is 6.93. The molecular weight excluding hydrogens is 234 g/mol. The van der Waals surface area contributed by atoms with Gasteiger partial charge in [0.1, 0.15) is 5.75 Å². The quantitative estimate of drug-likeness (QED) is 0.743. The molecule has 0 aliphatic carbocycles. The van der Waals surface area contributed by atoms with Crippen LogP contribution >= 0.6 is 0 Å². The molecule has 19 heavy (non-hydrogen) atoms. The van der Waals surface area contributed by atoms with E-state index in [1.165, 1.54) is 31.2 Å². The van der Waals surface area contributed by atoms with Crippen molar-refractivity contribution in [2.45, 2.75) is 59.4 Å². The van der Waals surface area contributed by atoms with Crippen molar-refractivity contribution in [1.82, 2.24) is 0 Å². The zero-order chi connectivity index (χ0) is 14.3. The van der Waals surface area contributed by atoms with E-state index in [2.05, 4.69) is 39.0 Å². The number of benzene rings is 1. The number of unbranched alkanes of at least 4 members (excludes halogenated alkanes) is 1. The molecule has 2 unspecified atom stereocenters. The molecule has 2 heteroatoms. The molecule has 0 spiro atoms. The van der Waals surface area contributed by atoms with E-state index in [9.17, 15) is 0 Å². The SMILES string of the molecule is CCCCC(CC)COc1ccc(C)cc1C(C)N. The van der Waals surface area contributed by atoms with Crippen LogP contribution in [0.5, 0.6) is 5.75 Å². The third-order valence-electron chi connectivity index (χ3n) is 3.67. The molecule has 0 radical (unpaired) electrons. The van der Waals surface area contributed by atoms with Gasteiger partial charge in [0.25, 0.3) is 0 Å². The molecule has 0 aromatic heterocycles. The Morgan fingerprint density at radius 1 is 1.26 bits per heavy atom. The summed E-state index contributed by atoms with van der Waals surface area (Å²) in [4.78, 5) is 0. The maximum atomic E-state index is 6.02. The third-order valence-corrected chi connectivity index (χ3v) is 3.67. The summed E-state index contributed by atoms with van der Waals surface area (Å²) < 4.78 is 6.02. The fourth-order valence-corrected chi connectivity index (χ4v) is 2.26. The first-order valence-corrected chi connectivity index (χ1v) is 7.57. The highest BCUT2D eigenvalue weighted by molar-refractivity contribution is 5.38. The van der Waals surface area contributed by atoms with E-state index < -0.39 is 0 Å². The summed E-state index contributed by atoms with van der Waals surface area (Å²) in [5, 5.41) is 0. The topological polar surface area (TPSA) is 35.2 Å². The molecule has 1 rings (SSSR count). The fourth-order valence-electron chi connectivity index (χ4n) is 2.26. The predicted molar refractivity (Wildman–Crippen MR) is 82.6 cm³/mol. The van der Waals surface area contributed by atoms with E-state index in [1.54, 1.807) is 0 Å². The van der Waals surface area contributed by atoms with Gasteiger partial charge in [0, 0.05) is 11.6 Å². The lowest BCUT2D eigenvalue weighted by Crippen LogP contribution is -2.14. The lowest BCUT2D eigenvalue weighted by molar-refractivity contribution is 0.231. The third kappa shape index (κ3) is 5.23. The predicted octanol–water partition coefficient (Wildman–Crippen LogP) is 4.61. The van der Waals surface area contributed by atoms with Crippen LogP contribution in [0, 0.1) is 12.8 Å². The molecule has 1 aromatic carbocycles. The van der Waals surface area contributed by atoms with Gasteiger partial charge in [-0.15, -0.1) is 0 Å². The monoisotopic (exact) mass is 263 g/mol. The van der Waals surface area contributed by atoms with E-state index in [0.717, 1.165) is 17.9 Å². The summed E-state index contributed by atoms with van der Waals surface area (Å²) in [6.07, 6.45) is 4.98. The minimum absolute atomic E-state index is 0.0191. The minimum atomic E-state index is 0.0191. The molecule has 0 amide bonds. The van der Waals surface area contributed by atoms with Crippen LogP contribution in [0.4, 0.5) is 0 Å². The molecule has 0 aliphatic rings. The highest BCUT2D eigenvalue weighted by Crippen LogP contribution is 2.26. The number of aryl methyl sites for hydroxylation is 1. The van der Waals surface area contributed by atoms with E-state index in [1.807, 2.05) is 6.92 Å². The van der Waals surface area contributed by atoms with Crippen LogP contribution in [0.2, 0.25) is 0 Å². The van der Waals surface area contributed by atoms with Crippen molar-refractivity contribution in [2.24, 2.45) is 11.7 Å². The van der Waals surface area contributed by atoms with Crippen molar-refractivity contribution in [3.63, 3.8) is 0 Å². The van der Waals surface area contributed by atoms with Crippen LogP contribution in [-0.2, 0) is 0 Å². The van der Waals surface area contributed by atoms with Crippen LogP contribution in [0.25, 0.3) is 0 Å². The van der Waals surface area contributed by atoms with Gasteiger partial charge < -0.3 is 10.5 Å². The van der Waals surface area contributed by atoms with Crippen molar-refractivity contribution >= 4 is 0 Å². The molecule has 0 saturated carbocycles. The Balaban J connectivity index is 2.65. The average molecular weight is 263 g/mol. The normalized spacial score (nSPS) is 14.2. The average Bonchev–Trinajstić information content (AvgIpc) is 2.40. The zero-order valence-electron chi connectivity index (χ0n) is 12.9. The van der Waals surface area contributed by atoms with Crippen LogP contribution in [0.1, 0.15) is 63.6 Å². The first-order chi connectivity index (χ1) is 9.08. The van der Waals surface area contributed by atoms with Gasteiger partial charge in [-0.05, 0) is 32.3 Å². The minimum Gasteiger partial charge on any atom is -0.493 e. The molecule has 0 saturated heterocycles. The molecular formula is C17H29NO. The van der Waals surface area contributed by atoms with Gasteiger partial charge >= 0.3 is 0 Å². The smallest absolute Gasteiger partial charge is 0.124 e. The van der Waals surface area contributed by atoms with E-state index in [-0.39, 0.29) is 6.04 Å². The van der Waals surface area contributed by atoms with E-state index >= 15 is 0 Å². The first-order valence-electron chi connectivity index (χ1n) is 7.57. The van der Waals surface area contributed by atoms with Gasteiger partial charge in [-0.2, -0.15) is 0 Å². The van der Waals surface area contributed by atoms with Crippen molar-refractivity contribution in [3.05, 3.63) is 29.3 Å². The maximum Gasteiger partial charge on any atom is 0.124 e. The Labute approximate surface area is 118 Å². The Hall–Kier alpha value is -1.02. The molecule has 2 nitrogen and oxygen atoms in total. The summed E-state index contributed by atoms with van der Waals surface area (Å²) in [6, 6.07) is 6.30. The van der Waals surface area contributed by atoms with E-state index in [4.69, 9.17) is 10.5 Å².